The zero-order valence-electron chi connectivity index (χ0n) is 10.2. The van der Waals surface area contributed by atoms with E-state index in [1.165, 1.54) is 0 Å². The third kappa shape index (κ3) is 3.00. The van der Waals surface area contributed by atoms with E-state index in [1.807, 2.05) is 0 Å². The lowest BCUT2D eigenvalue weighted by Crippen LogP contribution is -1.98. The number of aromatic amines is 1. The van der Waals surface area contributed by atoms with Crippen LogP contribution in [0.4, 0.5) is 4.39 Å². The number of H-pyrrole nitrogens is 1. The summed E-state index contributed by atoms with van der Waals surface area (Å²) in [6, 6.07) is 3.30. The Morgan fingerprint density at radius 1 is 1.22 bits per heavy atom. The molecule has 5 heteroatoms. The van der Waals surface area contributed by atoms with Crippen LogP contribution in [0.3, 0.4) is 0 Å². The molecule has 98 valence electrons. The summed E-state index contributed by atoms with van der Waals surface area (Å²) in [5, 5.41) is 0.114. The average molecular weight is 270 g/mol. The molecule has 0 spiro atoms. The maximum absolute atomic E-state index is 13.7. The standard InChI is InChI=1S/C13H17ClFN3/c14-9-6-7-10-13(12(9)15)18-11(17-10)5-3-1-2-4-8-16/h6-7H,1-5,8,16H2,(H,17,18). The second-order valence-electron chi connectivity index (χ2n) is 4.39. The summed E-state index contributed by atoms with van der Waals surface area (Å²) in [5.74, 6) is 0.374. The minimum atomic E-state index is -0.445. The first-order chi connectivity index (χ1) is 8.72. The Kier molecular flexibility index (Phi) is 4.55. The molecule has 0 radical (unpaired) electrons. The minimum Gasteiger partial charge on any atom is -0.342 e. The molecule has 0 fully saturated rings. The monoisotopic (exact) mass is 269 g/mol. The third-order valence-electron chi connectivity index (χ3n) is 2.96. The minimum absolute atomic E-state index is 0.114. The van der Waals surface area contributed by atoms with Crippen molar-refractivity contribution in [3.63, 3.8) is 0 Å². The van der Waals surface area contributed by atoms with Crippen LogP contribution in [0.2, 0.25) is 5.02 Å². The van der Waals surface area contributed by atoms with Crippen LogP contribution < -0.4 is 5.73 Å². The van der Waals surface area contributed by atoms with Crippen molar-refractivity contribution in [3.05, 3.63) is 28.8 Å². The van der Waals surface area contributed by atoms with Crippen molar-refractivity contribution in [3.8, 4) is 0 Å². The molecular weight excluding hydrogens is 253 g/mol. The van der Waals surface area contributed by atoms with E-state index in [-0.39, 0.29) is 5.02 Å². The number of hydrogen-bond donors (Lipinski definition) is 2. The van der Waals surface area contributed by atoms with Gasteiger partial charge in [-0.25, -0.2) is 9.37 Å². The lowest BCUT2D eigenvalue weighted by molar-refractivity contribution is 0.632. The number of aryl methyl sites for hydroxylation is 1. The number of halogens is 2. The molecule has 0 atom stereocenters. The SMILES string of the molecule is NCCCCCCc1nc2c(F)c(Cl)ccc2[nH]1. The molecule has 0 aliphatic heterocycles. The van der Waals surface area contributed by atoms with Crippen LogP contribution >= 0.6 is 11.6 Å². The molecule has 1 heterocycles. The Morgan fingerprint density at radius 3 is 2.78 bits per heavy atom. The van der Waals surface area contributed by atoms with Crippen LogP contribution in [-0.4, -0.2) is 16.5 Å². The number of imidazole rings is 1. The number of nitrogens with one attached hydrogen (secondary N) is 1. The van der Waals surface area contributed by atoms with E-state index in [1.54, 1.807) is 12.1 Å². The van der Waals surface area contributed by atoms with Crippen LogP contribution in [-0.2, 0) is 6.42 Å². The van der Waals surface area contributed by atoms with Crippen molar-refractivity contribution in [1.29, 1.82) is 0 Å². The summed E-state index contributed by atoms with van der Waals surface area (Å²) in [5.41, 5.74) is 6.47. The van der Waals surface area contributed by atoms with Gasteiger partial charge in [-0.1, -0.05) is 24.4 Å². The van der Waals surface area contributed by atoms with Gasteiger partial charge in [0, 0.05) is 6.42 Å². The predicted molar refractivity (Wildman–Crippen MR) is 72.3 cm³/mol. The largest absolute Gasteiger partial charge is 0.342 e. The smallest absolute Gasteiger partial charge is 0.169 e. The molecule has 2 rings (SSSR count). The highest BCUT2D eigenvalue weighted by Crippen LogP contribution is 2.23. The molecule has 0 saturated heterocycles. The van der Waals surface area contributed by atoms with Gasteiger partial charge in [0.15, 0.2) is 5.82 Å². The first kappa shape index (κ1) is 13.3. The van der Waals surface area contributed by atoms with Gasteiger partial charge in [0.05, 0.1) is 10.5 Å². The zero-order valence-corrected chi connectivity index (χ0v) is 10.9. The van der Waals surface area contributed by atoms with E-state index in [2.05, 4.69) is 9.97 Å². The Hall–Kier alpha value is -1.13. The Labute approximate surface area is 111 Å². The highest BCUT2D eigenvalue weighted by Gasteiger charge is 2.10. The maximum atomic E-state index is 13.7. The predicted octanol–water partition coefficient (Wildman–Crippen LogP) is 3.42. The van der Waals surface area contributed by atoms with Crippen molar-refractivity contribution in [1.82, 2.24) is 9.97 Å². The van der Waals surface area contributed by atoms with Crippen molar-refractivity contribution in [2.75, 3.05) is 6.54 Å². The molecule has 18 heavy (non-hydrogen) atoms. The van der Waals surface area contributed by atoms with Crippen molar-refractivity contribution >= 4 is 22.6 Å². The highest BCUT2D eigenvalue weighted by atomic mass is 35.5. The second kappa shape index (κ2) is 6.16. The van der Waals surface area contributed by atoms with Crippen molar-refractivity contribution in [2.24, 2.45) is 5.73 Å². The third-order valence-corrected chi connectivity index (χ3v) is 3.25. The Bertz CT molecular complexity index is 524. The number of fused-ring (bicyclic) bond motifs is 1. The molecule has 0 aliphatic rings. The quantitative estimate of drug-likeness (QED) is 0.790. The summed E-state index contributed by atoms with van der Waals surface area (Å²) in [6.07, 6.45) is 5.18. The zero-order chi connectivity index (χ0) is 13.0. The van der Waals surface area contributed by atoms with Gasteiger partial charge in [-0.2, -0.15) is 0 Å². The van der Waals surface area contributed by atoms with Crippen LogP contribution in [0.1, 0.15) is 31.5 Å². The molecule has 3 N–H and O–H groups in total. The van der Waals surface area contributed by atoms with Gasteiger partial charge in [-0.05, 0) is 31.5 Å². The number of rotatable bonds is 6. The molecule has 1 aromatic heterocycles. The number of benzene rings is 1. The van der Waals surface area contributed by atoms with E-state index in [9.17, 15) is 4.39 Å². The lowest BCUT2D eigenvalue weighted by Gasteiger charge is -1.97. The fraction of sp³-hybridized carbons (Fsp3) is 0.462. The first-order valence-electron chi connectivity index (χ1n) is 6.25. The Morgan fingerprint density at radius 2 is 2.00 bits per heavy atom. The molecule has 0 amide bonds. The summed E-state index contributed by atoms with van der Waals surface area (Å²) < 4.78 is 13.7. The first-order valence-corrected chi connectivity index (χ1v) is 6.63. The maximum Gasteiger partial charge on any atom is 0.169 e. The van der Waals surface area contributed by atoms with E-state index < -0.39 is 5.82 Å². The van der Waals surface area contributed by atoms with Crippen LogP contribution in [0.25, 0.3) is 11.0 Å². The summed E-state index contributed by atoms with van der Waals surface area (Å²) in [7, 11) is 0. The van der Waals surface area contributed by atoms with E-state index in [4.69, 9.17) is 17.3 Å². The molecule has 3 nitrogen and oxygen atoms in total. The van der Waals surface area contributed by atoms with Crippen molar-refractivity contribution < 1.29 is 4.39 Å². The van der Waals surface area contributed by atoms with Gasteiger partial charge in [-0.15, -0.1) is 0 Å². The average Bonchev–Trinajstić information content (AvgIpc) is 2.78. The van der Waals surface area contributed by atoms with Gasteiger partial charge >= 0.3 is 0 Å². The fourth-order valence-corrected chi connectivity index (χ4v) is 2.13. The fourth-order valence-electron chi connectivity index (χ4n) is 1.98. The molecule has 0 saturated carbocycles. The number of nitrogens with two attached hydrogens (primary N) is 1. The number of aromatic nitrogens is 2. The van der Waals surface area contributed by atoms with E-state index in [0.717, 1.165) is 44.5 Å². The van der Waals surface area contributed by atoms with Gasteiger partial charge in [-0.3, -0.25) is 0 Å². The van der Waals surface area contributed by atoms with Crippen molar-refractivity contribution in [2.45, 2.75) is 32.1 Å². The normalized spacial score (nSPS) is 11.3. The molecule has 2 aromatic rings. The van der Waals surface area contributed by atoms with Gasteiger partial charge in [0.2, 0.25) is 0 Å². The Balaban J connectivity index is 2.00. The molecule has 0 bridgehead atoms. The number of hydrogen-bond acceptors (Lipinski definition) is 2. The van der Waals surface area contributed by atoms with Gasteiger partial charge in [0.1, 0.15) is 11.3 Å². The molecule has 0 aliphatic carbocycles. The summed E-state index contributed by atoms with van der Waals surface area (Å²) in [6.45, 7) is 0.744. The topological polar surface area (TPSA) is 54.7 Å². The molecular formula is C13H17ClFN3. The van der Waals surface area contributed by atoms with Crippen LogP contribution in [0, 0.1) is 5.82 Å². The number of unbranched alkanes of at least 4 members (excludes halogenated alkanes) is 3. The highest BCUT2D eigenvalue weighted by molar-refractivity contribution is 6.31. The van der Waals surface area contributed by atoms with Crippen LogP contribution in [0.15, 0.2) is 12.1 Å². The molecule has 1 aromatic carbocycles. The lowest BCUT2D eigenvalue weighted by atomic mass is 10.1. The second-order valence-corrected chi connectivity index (χ2v) is 4.80. The summed E-state index contributed by atoms with van der Waals surface area (Å²) >= 11 is 5.72. The molecule has 0 unspecified atom stereocenters. The van der Waals surface area contributed by atoms with E-state index in [0.29, 0.717) is 11.0 Å². The van der Waals surface area contributed by atoms with Gasteiger partial charge in [0.25, 0.3) is 0 Å². The summed E-state index contributed by atoms with van der Waals surface area (Å²) in [4.78, 5) is 7.37. The van der Waals surface area contributed by atoms with E-state index >= 15 is 0 Å². The van der Waals surface area contributed by atoms with Gasteiger partial charge < -0.3 is 10.7 Å². The number of nitrogens with zero attached hydrogens (tertiary/aromatic N) is 1. The van der Waals surface area contributed by atoms with Crippen LogP contribution in [0.5, 0.6) is 0 Å².